The van der Waals surface area contributed by atoms with Crippen LogP contribution in [0.25, 0.3) is 10.8 Å². The molecule has 3 aromatic rings. The van der Waals surface area contributed by atoms with E-state index < -0.39 is 0 Å². The van der Waals surface area contributed by atoms with E-state index in [1.54, 1.807) is 0 Å². The molecule has 0 aromatic heterocycles. The Kier molecular flexibility index (Phi) is 4.37. The molecule has 0 aliphatic heterocycles. The fourth-order valence-electron chi connectivity index (χ4n) is 2.60. The Hall–Kier alpha value is -1.64. The van der Waals surface area contributed by atoms with Gasteiger partial charge >= 0.3 is 0 Å². The smallest absolute Gasteiger partial charge is 0.0295 e. The highest BCUT2D eigenvalue weighted by molar-refractivity contribution is 9.10. The lowest BCUT2D eigenvalue weighted by molar-refractivity contribution is 0.576. The second-order valence-corrected chi connectivity index (χ2v) is 6.21. The summed E-state index contributed by atoms with van der Waals surface area (Å²) in [5.41, 5.74) is 2.64. The second kappa shape index (κ2) is 6.42. The first-order valence-electron chi connectivity index (χ1n) is 7.19. The van der Waals surface area contributed by atoms with Crippen molar-refractivity contribution in [1.82, 2.24) is 5.32 Å². The number of halogens is 1. The number of fused-ring (bicyclic) bond motifs is 1. The molecule has 0 fully saturated rings. The third-order valence-corrected chi connectivity index (χ3v) is 4.32. The summed E-state index contributed by atoms with van der Waals surface area (Å²) in [6, 6.07) is 23.8. The SMILES string of the molecule is C[C@H](NCc1cccc2ccccc12)c1cccc(Br)c1. The topological polar surface area (TPSA) is 12.0 Å². The van der Waals surface area contributed by atoms with Crippen LogP contribution in [0.5, 0.6) is 0 Å². The highest BCUT2D eigenvalue weighted by atomic mass is 79.9. The molecule has 0 aliphatic carbocycles. The van der Waals surface area contributed by atoms with Crippen LogP contribution in [0.3, 0.4) is 0 Å². The Morgan fingerprint density at radius 3 is 2.57 bits per heavy atom. The van der Waals surface area contributed by atoms with Gasteiger partial charge in [-0.1, -0.05) is 70.5 Å². The third-order valence-electron chi connectivity index (χ3n) is 3.83. The van der Waals surface area contributed by atoms with Crippen LogP contribution < -0.4 is 5.32 Å². The van der Waals surface area contributed by atoms with Crippen molar-refractivity contribution in [2.24, 2.45) is 0 Å². The molecule has 1 atom stereocenters. The quantitative estimate of drug-likeness (QED) is 0.666. The van der Waals surface area contributed by atoms with Gasteiger partial charge in [0.25, 0.3) is 0 Å². The molecule has 0 aliphatic rings. The maximum atomic E-state index is 3.61. The van der Waals surface area contributed by atoms with Crippen LogP contribution in [0, 0.1) is 0 Å². The molecular weight excluding hydrogens is 322 g/mol. The maximum Gasteiger partial charge on any atom is 0.0295 e. The van der Waals surface area contributed by atoms with Crippen molar-refractivity contribution in [1.29, 1.82) is 0 Å². The molecule has 1 N–H and O–H groups in total. The number of hydrogen-bond donors (Lipinski definition) is 1. The number of nitrogens with one attached hydrogen (secondary N) is 1. The average molecular weight is 340 g/mol. The van der Waals surface area contributed by atoms with Crippen molar-refractivity contribution in [3.8, 4) is 0 Å². The van der Waals surface area contributed by atoms with Crippen LogP contribution in [0.1, 0.15) is 24.1 Å². The molecular formula is C19H18BrN. The van der Waals surface area contributed by atoms with Gasteiger partial charge in [0, 0.05) is 17.1 Å². The molecule has 0 spiro atoms. The van der Waals surface area contributed by atoms with Gasteiger partial charge in [-0.2, -0.15) is 0 Å². The van der Waals surface area contributed by atoms with Gasteiger partial charge in [-0.3, -0.25) is 0 Å². The van der Waals surface area contributed by atoms with Gasteiger partial charge in [0.15, 0.2) is 0 Å². The Bertz CT molecular complexity index is 746. The summed E-state index contributed by atoms with van der Waals surface area (Å²) < 4.78 is 1.12. The Morgan fingerprint density at radius 1 is 0.952 bits per heavy atom. The molecule has 0 amide bonds. The molecule has 0 unspecified atom stereocenters. The fourth-order valence-corrected chi connectivity index (χ4v) is 3.02. The van der Waals surface area contributed by atoms with Crippen LogP contribution in [0.15, 0.2) is 71.2 Å². The predicted octanol–water partition coefficient (Wildman–Crippen LogP) is 5.45. The third kappa shape index (κ3) is 3.34. The van der Waals surface area contributed by atoms with Gasteiger partial charge in [-0.15, -0.1) is 0 Å². The monoisotopic (exact) mass is 339 g/mol. The van der Waals surface area contributed by atoms with E-state index in [1.807, 2.05) is 0 Å². The lowest BCUT2D eigenvalue weighted by Gasteiger charge is -2.15. The first kappa shape index (κ1) is 14.3. The normalized spacial score (nSPS) is 12.5. The van der Waals surface area contributed by atoms with Gasteiger partial charge in [-0.25, -0.2) is 0 Å². The molecule has 106 valence electrons. The van der Waals surface area contributed by atoms with E-state index in [1.165, 1.54) is 21.9 Å². The highest BCUT2D eigenvalue weighted by Crippen LogP contribution is 2.21. The number of hydrogen-bond acceptors (Lipinski definition) is 1. The van der Waals surface area contributed by atoms with Crippen molar-refractivity contribution in [3.63, 3.8) is 0 Å². The van der Waals surface area contributed by atoms with E-state index in [2.05, 4.69) is 94.9 Å². The Morgan fingerprint density at radius 2 is 1.71 bits per heavy atom. The standard InChI is InChI=1S/C19H18BrN/c1-14(16-8-5-10-18(20)12-16)21-13-17-9-4-7-15-6-2-3-11-19(15)17/h2-12,14,21H,13H2,1H3/t14-/m0/s1. The summed E-state index contributed by atoms with van der Waals surface area (Å²) in [4.78, 5) is 0. The zero-order chi connectivity index (χ0) is 14.7. The minimum Gasteiger partial charge on any atom is -0.306 e. The summed E-state index contributed by atoms with van der Waals surface area (Å²) in [5, 5.41) is 6.24. The van der Waals surface area contributed by atoms with Crippen molar-refractivity contribution >= 4 is 26.7 Å². The van der Waals surface area contributed by atoms with Crippen LogP contribution in [-0.2, 0) is 6.54 Å². The van der Waals surface area contributed by atoms with Crippen molar-refractivity contribution < 1.29 is 0 Å². The molecule has 3 rings (SSSR count). The van der Waals surface area contributed by atoms with Gasteiger partial charge in [-0.05, 0) is 41.0 Å². The van der Waals surface area contributed by atoms with E-state index in [4.69, 9.17) is 0 Å². The largest absolute Gasteiger partial charge is 0.306 e. The van der Waals surface area contributed by atoms with Crippen LogP contribution >= 0.6 is 15.9 Å². The van der Waals surface area contributed by atoms with Crippen LogP contribution in [0.2, 0.25) is 0 Å². The van der Waals surface area contributed by atoms with Gasteiger partial charge < -0.3 is 5.32 Å². The zero-order valence-corrected chi connectivity index (χ0v) is 13.6. The van der Waals surface area contributed by atoms with Gasteiger partial charge in [0.1, 0.15) is 0 Å². The molecule has 0 radical (unpaired) electrons. The lowest BCUT2D eigenvalue weighted by atomic mass is 10.0. The highest BCUT2D eigenvalue weighted by Gasteiger charge is 2.06. The Balaban J connectivity index is 1.77. The predicted molar refractivity (Wildman–Crippen MR) is 93.3 cm³/mol. The van der Waals surface area contributed by atoms with Crippen LogP contribution in [0.4, 0.5) is 0 Å². The second-order valence-electron chi connectivity index (χ2n) is 5.30. The zero-order valence-electron chi connectivity index (χ0n) is 12.0. The molecule has 0 bridgehead atoms. The van der Waals surface area contributed by atoms with E-state index in [0.29, 0.717) is 6.04 Å². The summed E-state index contributed by atoms with van der Waals surface area (Å²) in [6.07, 6.45) is 0. The fraction of sp³-hybridized carbons (Fsp3) is 0.158. The molecule has 0 saturated heterocycles. The summed E-state index contributed by atoms with van der Waals surface area (Å²) in [5.74, 6) is 0. The van der Waals surface area contributed by atoms with Gasteiger partial charge in [0.2, 0.25) is 0 Å². The molecule has 3 aromatic carbocycles. The lowest BCUT2D eigenvalue weighted by Crippen LogP contribution is -2.18. The first-order valence-corrected chi connectivity index (χ1v) is 7.99. The summed E-state index contributed by atoms with van der Waals surface area (Å²) >= 11 is 3.53. The maximum absolute atomic E-state index is 3.61. The number of benzene rings is 3. The summed E-state index contributed by atoms with van der Waals surface area (Å²) in [7, 11) is 0. The van der Waals surface area contributed by atoms with E-state index >= 15 is 0 Å². The average Bonchev–Trinajstić information content (AvgIpc) is 2.52. The summed E-state index contributed by atoms with van der Waals surface area (Å²) in [6.45, 7) is 3.07. The molecule has 2 heteroatoms. The minimum absolute atomic E-state index is 0.321. The van der Waals surface area contributed by atoms with E-state index in [0.717, 1.165) is 11.0 Å². The van der Waals surface area contributed by atoms with Gasteiger partial charge in [0.05, 0.1) is 0 Å². The molecule has 0 saturated carbocycles. The van der Waals surface area contributed by atoms with E-state index in [-0.39, 0.29) is 0 Å². The van der Waals surface area contributed by atoms with Crippen molar-refractivity contribution in [3.05, 3.63) is 82.3 Å². The molecule has 0 heterocycles. The first-order chi connectivity index (χ1) is 10.2. The molecule has 21 heavy (non-hydrogen) atoms. The minimum atomic E-state index is 0.321. The number of rotatable bonds is 4. The van der Waals surface area contributed by atoms with E-state index in [9.17, 15) is 0 Å². The van der Waals surface area contributed by atoms with Crippen LogP contribution in [-0.4, -0.2) is 0 Å². The Labute approximate surface area is 134 Å². The van der Waals surface area contributed by atoms with Crippen molar-refractivity contribution in [2.45, 2.75) is 19.5 Å². The van der Waals surface area contributed by atoms with Crippen molar-refractivity contribution in [2.75, 3.05) is 0 Å². The molecule has 1 nitrogen and oxygen atoms in total.